The lowest BCUT2D eigenvalue weighted by Gasteiger charge is -2.08. The van der Waals surface area contributed by atoms with E-state index in [4.69, 9.17) is 26.0 Å². The largest absolute Gasteiger partial charge is 0.536 e. The van der Waals surface area contributed by atoms with E-state index in [0.29, 0.717) is 0 Å². The van der Waals surface area contributed by atoms with Crippen LogP contribution in [0, 0.1) is 5.82 Å². The molecule has 0 saturated heterocycles. The first-order valence-corrected chi connectivity index (χ1v) is 3.83. The van der Waals surface area contributed by atoms with Crippen LogP contribution < -0.4 is 9.39 Å². The Hall–Kier alpha value is -0.935. The van der Waals surface area contributed by atoms with Gasteiger partial charge in [-0.25, -0.2) is 4.39 Å². The van der Waals surface area contributed by atoms with Gasteiger partial charge >= 0.3 is 7.69 Å². The van der Waals surface area contributed by atoms with Gasteiger partial charge in [0.05, 0.1) is 12.1 Å². The van der Waals surface area contributed by atoms with Crippen LogP contribution >= 0.6 is 11.6 Å². The Labute approximate surface area is 80.3 Å². The molecule has 0 bridgehead atoms. The van der Waals surface area contributed by atoms with Gasteiger partial charge < -0.3 is 14.4 Å². The van der Waals surface area contributed by atoms with Crippen LogP contribution in [0.2, 0.25) is 5.02 Å². The molecule has 0 radical (unpaired) electrons. The van der Waals surface area contributed by atoms with E-state index < -0.39 is 13.5 Å². The quantitative estimate of drug-likeness (QED) is 0.750. The van der Waals surface area contributed by atoms with Crippen LogP contribution in [0.1, 0.15) is 0 Å². The second-order valence-electron chi connectivity index (χ2n) is 2.19. The highest BCUT2D eigenvalue weighted by Crippen LogP contribution is 2.31. The summed E-state index contributed by atoms with van der Waals surface area (Å²) in [4.78, 5) is 0. The van der Waals surface area contributed by atoms with E-state index >= 15 is 0 Å². The van der Waals surface area contributed by atoms with E-state index in [1.165, 1.54) is 13.2 Å². The molecule has 0 unspecified atom stereocenters. The van der Waals surface area contributed by atoms with Crippen molar-refractivity contribution < 1.29 is 18.8 Å². The molecule has 0 amide bonds. The van der Waals surface area contributed by atoms with Crippen molar-refractivity contribution in [1.29, 1.82) is 0 Å². The fourth-order valence-electron chi connectivity index (χ4n) is 0.852. The molecule has 0 spiro atoms. The van der Waals surface area contributed by atoms with Crippen LogP contribution in [0.4, 0.5) is 4.39 Å². The zero-order valence-corrected chi connectivity index (χ0v) is 7.64. The summed E-state index contributed by atoms with van der Waals surface area (Å²) in [5, 5.41) is 8.41. The number of hydrogen-bond acceptors (Lipinski definition) is 3. The highest BCUT2D eigenvalue weighted by atomic mass is 35.5. The maximum atomic E-state index is 12.9. The fraction of sp³-hybridized carbons (Fsp3) is 0.143. The molecule has 70 valence electrons. The molecular formula is C7H7BClFO3. The molecule has 0 fully saturated rings. The molecule has 0 aliphatic heterocycles. The van der Waals surface area contributed by atoms with Crippen LogP contribution in [0.15, 0.2) is 12.1 Å². The summed E-state index contributed by atoms with van der Waals surface area (Å²) in [5.41, 5.74) is 0. The highest BCUT2D eigenvalue weighted by Gasteiger charge is 2.09. The predicted molar refractivity (Wildman–Crippen MR) is 48.0 cm³/mol. The molecule has 13 heavy (non-hydrogen) atoms. The summed E-state index contributed by atoms with van der Waals surface area (Å²) in [6.45, 7) is 0. The van der Waals surface area contributed by atoms with Crippen molar-refractivity contribution in [3.8, 4) is 11.5 Å². The second kappa shape index (κ2) is 4.34. The third-order valence-electron chi connectivity index (χ3n) is 1.43. The maximum absolute atomic E-state index is 12.9. The Bertz CT molecular complexity index is 308. The summed E-state index contributed by atoms with van der Waals surface area (Å²) < 4.78 is 22.4. The molecule has 1 rings (SSSR count). The van der Waals surface area contributed by atoms with Gasteiger partial charge in [-0.3, -0.25) is 0 Å². The van der Waals surface area contributed by atoms with Crippen molar-refractivity contribution in [2.75, 3.05) is 7.11 Å². The Morgan fingerprint density at radius 1 is 1.46 bits per heavy atom. The summed E-state index contributed by atoms with van der Waals surface area (Å²) >= 11 is 5.49. The average molecular weight is 204 g/mol. The Balaban J connectivity index is 3.09. The average Bonchev–Trinajstić information content (AvgIpc) is 2.11. The number of rotatable bonds is 3. The van der Waals surface area contributed by atoms with Gasteiger partial charge in [-0.05, 0) is 0 Å². The van der Waals surface area contributed by atoms with Crippen molar-refractivity contribution >= 4 is 19.3 Å². The van der Waals surface area contributed by atoms with Crippen LogP contribution in [0.5, 0.6) is 11.5 Å². The van der Waals surface area contributed by atoms with E-state index in [-0.39, 0.29) is 16.5 Å². The fourth-order valence-corrected chi connectivity index (χ4v) is 1.01. The number of benzene rings is 1. The highest BCUT2D eigenvalue weighted by molar-refractivity contribution is 6.31. The van der Waals surface area contributed by atoms with E-state index in [1.807, 2.05) is 0 Å². The molecule has 0 aliphatic carbocycles. The second-order valence-corrected chi connectivity index (χ2v) is 2.60. The standard InChI is InChI=1S/C7H7BClFO3/c1-12-6-2-4(9)5(10)3-7(6)13-8-11/h2-3,8,11H,1H3. The topological polar surface area (TPSA) is 38.7 Å². The molecule has 1 aromatic rings. The minimum absolute atomic E-state index is 0.0536. The van der Waals surface area contributed by atoms with Crippen LogP contribution in [0.25, 0.3) is 0 Å². The monoisotopic (exact) mass is 204 g/mol. The Kier molecular flexibility index (Phi) is 3.39. The minimum atomic E-state index is -0.620. The third kappa shape index (κ3) is 2.26. The third-order valence-corrected chi connectivity index (χ3v) is 1.72. The first-order valence-electron chi connectivity index (χ1n) is 3.45. The van der Waals surface area contributed by atoms with Gasteiger partial charge in [-0.2, -0.15) is 0 Å². The molecule has 0 atom stereocenters. The molecule has 1 N–H and O–H groups in total. The number of methoxy groups -OCH3 is 1. The molecule has 0 saturated carbocycles. The van der Waals surface area contributed by atoms with Gasteiger partial charge in [0.25, 0.3) is 0 Å². The molecule has 1 aromatic carbocycles. The van der Waals surface area contributed by atoms with Crippen molar-refractivity contribution in [3.63, 3.8) is 0 Å². The van der Waals surface area contributed by atoms with Crippen molar-refractivity contribution in [3.05, 3.63) is 23.0 Å². The molecule has 0 aromatic heterocycles. The van der Waals surface area contributed by atoms with E-state index in [0.717, 1.165) is 6.07 Å². The van der Waals surface area contributed by atoms with Gasteiger partial charge in [-0.1, -0.05) is 11.6 Å². The lowest BCUT2D eigenvalue weighted by atomic mass is 10.3. The van der Waals surface area contributed by atoms with Crippen molar-refractivity contribution in [2.24, 2.45) is 0 Å². The van der Waals surface area contributed by atoms with Crippen LogP contribution in [-0.4, -0.2) is 19.8 Å². The van der Waals surface area contributed by atoms with Gasteiger partial charge in [-0.15, -0.1) is 0 Å². The molecule has 0 heterocycles. The summed E-state index contributed by atoms with van der Waals surface area (Å²) in [5.74, 6) is -0.224. The summed E-state index contributed by atoms with van der Waals surface area (Å²) in [6, 6.07) is 2.33. The normalized spacial score (nSPS) is 9.54. The number of hydrogen-bond donors (Lipinski definition) is 1. The lowest BCUT2D eigenvalue weighted by Crippen LogP contribution is -2.02. The molecule has 3 nitrogen and oxygen atoms in total. The Morgan fingerprint density at radius 2 is 2.15 bits per heavy atom. The summed E-state index contributed by atoms with van der Waals surface area (Å²) in [7, 11) is 0.852. The van der Waals surface area contributed by atoms with Gasteiger partial charge in [0.2, 0.25) is 0 Å². The Morgan fingerprint density at radius 3 is 2.69 bits per heavy atom. The lowest BCUT2D eigenvalue weighted by molar-refractivity contribution is 0.379. The molecule has 6 heteroatoms. The maximum Gasteiger partial charge on any atom is 0.504 e. The van der Waals surface area contributed by atoms with Crippen LogP contribution in [-0.2, 0) is 0 Å². The molecular weight excluding hydrogens is 197 g/mol. The van der Waals surface area contributed by atoms with Gasteiger partial charge in [0.15, 0.2) is 5.75 Å². The van der Waals surface area contributed by atoms with Crippen molar-refractivity contribution in [2.45, 2.75) is 0 Å². The first kappa shape index (κ1) is 10.1. The van der Waals surface area contributed by atoms with Crippen molar-refractivity contribution in [1.82, 2.24) is 0 Å². The zero-order valence-electron chi connectivity index (χ0n) is 6.88. The zero-order chi connectivity index (χ0) is 9.84. The minimum Gasteiger partial charge on any atom is -0.536 e. The summed E-state index contributed by atoms with van der Waals surface area (Å²) in [6.07, 6.45) is 0. The van der Waals surface area contributed by atoms with Gasteiger partial charge in [0.1, 0.15) is 11.6 Å². The number of ether oxygens (including phenoxy) is 1. The van der Waals surface area contributed by atoms with E-state index in [9.17, 15) is 4.39 Å². The first-order chi connectivity index (χ1) is 6.19. The van der Waals surface area contributed by atoms with E-state index in [1.54, 1.807) is 0 Å². The molecule has 0 aliphatic rings. The van der Waals surface area contributed by atoms with Gasteiger partial charge in [0, 0.05) is 12.1 Å². The smallest absolute Gasteiger partial charge is 0.504 e. The van der Waals surface area contributed by atoms with Crippen LogP contribution in [0.3, 0.4) is 0 Å². The predicted octanol–water partition coefficient (Wildman–Crippen LogP) is 1.13. The SMILES string of the molecule is COc1cc(Cl)c(F)cc1OBO. The number of halogens is 2. The van der Waals surface area contributed by atoms with E-state index in [2.05, 4.69) is 0 Å².